The Morgan fingerprint density at radius 1 is 1.62 bits per heavy atom. The summed E-state index contributed by atoms with van der Waals surface area (Å²) in [6.45, 7) is 0. The molecule has 66 valence electrons. The lowest BCUT2D eigenvalue weighted by Crippen LogP contribution is -1.99. The summed E-state index contributed by atoms with van der Waals surface area (Å²) in [6.07, 6.45) is 0. The van der Waals surface area contributed by atoms with Crippen molar-refractivity contribution in [1.29, 1.82) is 0 Å². The topological polar surface area (TPSA) is 75.1 Å². The van der Waals surface area contributed by atoms with E-state index >= 15 is 0 Å². The fourth-order valence-electron chi connectivity index (χ4n) is 0.723. The van der Waals surface area contributed by atoms with E-state index in [1.807, 2.05) is 0 Å². The second-order valence-electron chi connectivity index (χ2n) is 2.06. The number of carbonyl (C=O) groups is 1. The number of hydrogen-bond acceptors (Lipinski definition) is 3. The summed E-state index contributed by atoms with van der Waals surface area (Å²) in [5.41, 5.74) is 8.11. The quantitative estimate of drug-likeness (QED) is 0.316. The van der Waals surface area contributed by atoms with E-state index in [0.717, 1.165) is 0 Å². The van der Waals surface area contributed by atoms with Crippen molar-refractivity contribution in [1.82, 2.24) is 0 Å². The smallest absolute Gasteiger partial charge is 0.349 e. The Balaban J connectivity index is 2.82. The summed E-state index contributed by atoms with van der Waals surface area (Å²) < 4.78 is 0. The average molecular weight is 198 g/mol. The zero-order valence-corrected chi connectivity index (χ0v) is 7.10. The number of benzene rings is 1. The van der Waals surface area contributed by atoms with Gasteiger partial charge in [-0.1, -0.05) is 17.7 Å². The SMILES string of the molecule is [N-]=[N+]=NOC(=O)c1cccc(Cl)c1. The van der Waals surface area contributed by atoms with Gasteiger partial charge in [0.05, 0.1) is 5.56 Å². The molecule has 0 radical (unpaired) electrons. The molecule has 5 nitrogen and oxygen atoms in total. The Bertz CT molecular complexity index is 374. The van der Waals surface area contributed by atoms with E-state index in [-0.39, 0.29) is 5.56 Å². The molecule has 0 heterocycles. The lowest BCUT2D eigenvalue weighted by atomic mass is 10.2. The van der Waals surface area contributed by atoms with Crippen LogP contribution in [-0.2, 0) is 4.84 Å². The van der Waals surface area contributed by atoms with Gasteiger partial charge in [-0.25, -0.2) is 4.79 Å². The molecule has 6 heteroatoms. The summed E-state index contributed by atoms with van der Waals surface area (Å²) in [5, 5.41) is 3.08. The molecule has 1 aromatic rings. The largest absolute Gasteiger partial charge is 0.355 e. The highest BCUT2D eigenvalue weighted by Gasteiger charge is 2.05. The highest BCUT2D eigenvalue weighted by Crippen LogP contribution is 2.11. The van der Waals surface area contributed by atoms with Crippen molar-refractivity contribution in [3.63, 3.8) is 0 Å². The van der Waals surface area contributed by atoms with Gasteiger partial charge in [0, 0.05) is 9.93 Å². The molecular weight excluding hydrogens is 194 g/mol. The second kappa shape index (κ2) is 4.35. The predicted molar refractivity (Wildman–Crippen MR) is 46.0 cm³/mol. The van der Waals surface area contributed by atoms with Gasteiger partial charge in [-0.3, -0.25) is 0 Å². The Morgan fingerprint density at radius 3 is 3.00 bits per heavy atom. The first-order valence-electron chi connectivity index (χ1n) is 3.25. The maximum absolute atomic E-state index is 11.0. The number of rotatable bonds is 2. The fourth-order valence-corrected chi connectivity index (χ4v) is 0.914. The molecular formula is C7H4ClN3O2. The van der Waals surface area contributed by atoms with Crippen molar-refractivity contribution in [2.24, 2.45) is 5.28 Å². The van der Waals surface area contributed by atoms with Crippen molar-refractivity contribution < 1.29 is 9.63 Å². The van der Waals surface area contributed by atoms with Crippen LogP contribution in [0.4, 0.5) is 0 Å². The third kappa shape index (κ3) is 2.66. The maximum atomic E-state index is 11.0. The number of azide groups is 1. The van der Waals surface area contributed by atoms with E-state index in [2.05, 4.69) is 15.0 Å². The van der Waals surface area contributed by atoms with E-state index in [1.54, 1.807) is 12.1 Å². The molecule has 0 N–H and O–H groups in total. The van der Waals surface area contributed by atoms with E-state index in [9.17, 15) is 4.79 Å². The van der Waals surface area contributed by atoms with Gasteiger partial charge in [0.25, 0.3) is 0 Å². The predicted octanol–water partition coefficient (Wildman–Crippen LogP) is 2.72. The third-order valence-electron chi connectivity index (χ3n) is 1.22. The van der Waals surface area contributed by atoms with Crippen molar-refractivity contribution in [3.05, 3.63) is 45.3 Å². The van der Waals surface area contributed by atoms with Crippen LogP contribution in [0.25, 0.3) is 10.4 Å². The summed E-state index contributed by atoms with van der Waals surface area (Å²) >= 11 is 5.61. The average Bonchev–Trinajstić information content (AvgIpc) is 2.14. The van der Waals surface area contributed by atoms with E-state index < -0.39 is 5.97 Å². The molecule has 1 aromatic carbocycles. The molecule has 1 rings (SSSR count). The second-order valence-corrected chi connectivity index (χ2v) is 2.50. The molecule has 0 saturated carbocycles. The molecule has 0 unspecified atom stereocenters. The first kappa shape index (κ1) is 9.38. The van der Waals surface area contributed by atoms with Crippen molar-refractivity contribution in [2.75, 3.05) is 0 Å². The monoisotopic (exact) mass is 197 g/mol. The normalized spacial score (nSPS) is 8.69. The van der Waals surface area contributed by atoms with Crippen LogP contribution in [0.1, 0.15) is 10.4 Å². The molecule has 0 aliphatic heterocycles. The van der Waals surface area contributed by atoms with Gasteiger partial charge in [0.15, 0.2) is 0 Å². The maximum Gasteiger partial charge on any atom is 0.349 e. The van der Waals surface area contributed by atoms with Crippen LogP contribution in [0.5, 0.6) is 0 Å². The first-order chi connectivity index (χ1) is 6.24. The van der Waals surface area contributed by atoms with E-state index in [4.69, 9.17) is 17.1 Å². The highest BCUT2D eigenvalue weighted by molar-refractivity contribution is 6.30. The summed E-state index contributed by atoms with van der Waals surface area (Å²) in [5.74, 6) is -0.736. The standard InChI is InChI=1S/C7H4ClN3O2/c8-6-3-1-2-5(4-6)7(12)13-11-10-9/h1-4H. The van der Waals surface area contributed by atoms with Crippen molar-refractivity contribution >= 4 is 17.6 Å². The zero-order chi connectivity index (χ0) is 9.68. The minimum absolute atomic E-state index is 0.236. The molecule has 13 heavy (non-hydrogen) atoms. The van der Waals surface area contributed by atoms with Gasteiger partial charge in [0.2, 0.25) is 0 Å². The molecule has 0 aliphatic rings. The van der Waals surface area contributed by atoms with Gasteiger partial charge in [-0.2, -0.15) is 0 Å². The molecule has 0 fully saturated rings. The fraction of sp³-hybridized carbons (Fsp3) is 0. The van der Waals surface area contributed by atoms with Crippen LogP contribution in [0.3, 0.4) is 0 Å². The summed E-state index contributed by atoms with van der Waals surface area (Å²) in [4.78, 5) is 17.4. The molecule has 0 amide bonds. The minimum Gasteiger partial charge on any atom is -0.355 e. The van der Waals surface area contributed by atoms with Gasteiger partial charge in [-0.15, -0.1) is 0 Å². The minimum atomic E-state index is -0.736. The number of hydrogen-bond donors (Lipinski definition) is 0. The third-order valence-corrected chi connectivity index (χ3v) is 1.46. The lowest BCUT2D eigenvalue weighted by Gasteiger charge is -1.96. The number of halogens is 1. The van der Waals surface area contributed by atoms with Gasteiger partial charge in [0.1, 0.15) is 5.28 Å². The lowest BCUT2D eigenvalue weighted by molar-refractivity contribution is 0.0506. The Hall–Kier alpha value is -1.71. The van der Waals surface area contributed by atoms with Crippen LogP contribution in [0.15, 0.2) is 29.5 Å². The Labute approximate surface area is 78.5 Å². The Morgan fingerprint density at radius 2 is 2.38 bits per heavy atom. The van der Waals surface area contributed by atoms with Crippen LogP contribution >= 0.6 is 11.6 Å². The van der Waals surface area contributed by atoms with Gasteiger partial charge in [-0.05, 0) is 23.7 Å². The van der Waals surface area contributed by atoms with E-state index in [1.165, 1.54) is 12.1 Å². The van der Waals surface area contributed by atoms with E-state index in [0.29, 0.717) is 5.02 Å². The van der Waals surface area contributed by atoms with Crippen LogP contribution in [0.2, 0.25) is 5.02 Å². The van der Waals surface area contributed by atoms with Crippen LogP contribution in [-0.4, -0.2) is 5.97 Å². The molecule has 0 saturated heterocycles. The summed E-state index contributed by atoms with van der Waals surface area (Å²) in [7, 11) is 0. The Kier molecular flexibility index (Phi) is 3.14. The molecule has 0 aliphatic carbocycles. The first-order valence-corrected chi connectivity index (χ1v) is 3.63. The van der Waals surface area contributed by atoms with Crippen LogP contribution < -0.4 is 0 Å². The van der Waals surface area contributed by atoms with Crippen molar-refractivity contribution in [3.8, 4) is 0 Å². The summed E-state index contributed by atoms with van der Waals surface area (Å²) in [6, 6.07) is 6.12. The number of carbonyl (C=O) groups excluding carboxylic acids is 1. The van der Waals surface area contributed by atoms with Gasteiger partial charge >= 0.3 is 5.97 Å². The molecule has 0 atom stereocenters. The van der Waals surface area contributed by atoms with Gasteiger partial charge < -0.3 is 4.84 Å². The number of nitrogens with zero attached hydrogens (tertiary/aromatic N) is 3. The highest BCUT2D eigenvalue weighted by atomic mass is 35.5. The van der Waals surface area contributed by atoms with Crippen molar-refractivity contribution in [2.45, 2.75) is 0 Å². The molecule has 0 spiro atoms. The zero-order valence-electron chi connectivity index (χ0n) is 6.35. The molecule has 0 bridgehead atoms. The molecule has 0 aromatic heterocycles. The van der Waals surface area contributed by atoms with Crippen LogP contribution in [0, 0.1) is 0 Å².